The molecule has 0 fully saturated rings. The summed E-state index contributed by atoms with van der Waals surface area (Å²) in [5.41, 5.74) is 0. The molecule has 39 heavy (non-hydrogen) atoms. The fourth-order valence-corrected chi connectivity index (χ4v) is 10.3. The van der Waals surface area contributed by atoms with Gasteiger partial charge >= 0.3 is 21.7 Å². The summed E-state index contributed by atoms with van der Waals surface area (Å²) in [6, 6.07) is 27.3. The van der Waals surface area contributed by atoms with E-state index in [1.165, 1.54) is 97.6 Å². The Morgan fingerprint density at radius 3 is 1.10 bits per heavy atom. The molecule has 0 aliphatic carbocycles. The smallest absolute Gasteiger partial charge is 1.00 e. The first-order valence-corrected chi connectivity index (χ1v) is 17.9. The van der Waals surface area contributed by atoms with E-state index in [1.807, 2.05) is 0 Å². The summed E-state index contributed by atoms with van der Waals surface area (Å²) in [6.07, 6.45) is 16.5. The molecule has 0 aliphatic rings. The van der Waals surface area contributed by atoms with Crippen LogP contribution in [0.3, 0.4) is 0 Å². The van der Waals surface area contributed by atoms with Crippen molar-refractivity contribution in [3.63, 3.8) is 0 Å². The van der Waals surface area contributed by atoms with E-state index >= 15 is 0 Å². The third-order valence-corrected chi connectivity index (χ3v) is 12.5. The second-order valence-electron chi connectivity index (χ2n) is 10.1. The van der Waals surface area contributed by atoms with Gasteiger partial charge < -0.3 is 24.8 Å². The van der Waals surface area contributed by atoms with Crippen molar-refractivity contribution in [2.24, 2.45) is 0 Å². The Labute approximate surface area is 269 Å². The van der Waals surface area contributed by atoms with Gasteiger partial charge in [0, 0.05) is 0 Å². The van der Waals surface area contributed by atoms with E-state index in [4.69, 9.17) is 0 Å². The molecule has 0 unspecified atom stereocenters. The van der Waals surface area contributed by atoms with Crippen molar-refractivity contribution in [1.29, 1.82) is 0 Å². The molecule has 4 aromatic carbocycles. The van der Waals surface area contributed by atoms with E-state index in [2.05, 4.69) is 100 Å². The molecule has 0 bridgehead atoms. The van der Waals surface area contributed by atoms with Crippen LogP contribution in [-0.2, 0) is 21.7 Å². The first kappa shape index (κ1) is 38.8. The Bertz CT molecular complexity index is 964. The molecule has 0 aliphatic heterocycles. The first-order chi connectivity index (χ1) is 17.7. The van der Waals surface area contributed by atoms with Crippen LogP contribution in [0.2, 0.25) is 0 Å². The average Bonchev–Trinajstić information content (AvgIpc) is 3.53. The summed E-state index contributed by atoms with van der Waals surface area (Å²) in [6.45, 7) is 9.20. The normalized spacial score (nSPS) is 10.6. The van der Waals surface area contributed by atoms with Crippen LogP contribution in [0.25, 0.3) is 21.5 Å². The van der Waals surface area contributed by atoms with E-state index < -0.39 is 0 Å². The molecular formula is C34H48Cl2P2Ti. The van der Waals surface area contributed by atoms with Crippen LogP contribution >= 0.6 is 15.8 Å². The third-order valence-electron chi connectivity index (χ3n) is 7.06. The van der Waals surface area contributed by atoms with Gasteiger partial charge in [0.2, 0.25) is 0 Å². The Morgan fingerprint density at radius 1 is 0.513 bits per heavy atom. The van der Waals surface area contributed by atoms with Crippen molar-refractivity contribution in [2.45, 2.75) is 79.1 Å². The number of fused-ring (bicyclic) bond motifs is 2. The van der Waals surface area contributed by atoms with E-state index in [0.717, 1.165) is 0 Å². The van der Waals surface area contributed by atoms with Gasteiger partial charge in [0.1, 0.15) is 0 Å². The topological polar surface area (TPSA) is 0 Å². The van der Waals surface area contributed by atoms with Crippen LogP contribution in [0.1, 0.15) is 79.1 Å². The van der Waals surface area contributed by atoms with Gasteiger partial charge in [0.05, 0.1) is 0 Å². The van der Waals surface area contributed by atoms with Crippen LogP contribution in [0.15, 0.2) is 72.8 Å². The predicted octanol–water partition coefficient (Wildman–Crippen LogP) is 4.54. The quantitative estimate of drug-likeness (QED) is 0.108. The average molecular weight is 637 g/mol. The molecule has 0 radical (unpaired) electrons. The summed E-state index contributed by atoms with van der Waals surface area (Å²) in [7, 11) is 0.171. The van der Waals surface area contributed by atoms with Crippen LogP contribution in [0, 0.1) is 0 Å². The molecule has 0 heterocycles. The summed E-state index contributed by atoms with van der Waals surface area (Å²) < 4.78 is 0. The minimum absolute atomic E-state index is 0. The second kappa shape index (κ2) is 22.4. The number of rotatable bonds is 14. The van der Waals surface area contributed by atoms with Crippen molar-refractivity contribution < 1.29 is 46.5 Å². The predicted molar refractivity (Wildman–Crippen MR) is 171 cm³/mol. The van der Waals surface area contributed by atoms with Gasteiger partial charge in [-0.15, -0.1) is 80.7 Å². The number of benzene rings is 2. The molecule has 0 spiro atoms. The van der Waals surface area contributed by atoms with E-state index in [1.54, 1.807) is 10.6 Å². The van der Waals surface area contributed by atoms with E-state index in [0.29, 0.717) is 0 Å². The van der Waals surface area contributed by atoms with Gasteiger partial charge in [0.15, 0.2) is 0 Å². The van der Waals surface area contributed by atoms with Crippen LogP contribution in [0.4, 0.5) is 0 Å². The molecule has 4 aromatic rings. The standard InChI is InChI=1S/2C17H24P.2ClH.Ti/c2*1-3-5-11-18(12-6-4-2)17-13-15-9-7-8-10-16(15)14-17;;;/h2*7-10,13-14H,3-6,11-12H2,1-2H3;2*1H;/q2*-1;;;+4/p-2. The molecular weight excluding hydrogens is 589 g/mol. The summed E-state index contributed by atoms with van der Waals surface area (Å²) in [5.74, 6) is 0. The summed E-state index contributed by atoms with van der Waals surface area (Å²) >= 11 is 0. The van der Waals surface area contributed by atoms with Gasteiger partial charge in [-0.25, -0.2) is 0 Å². The first-order valence-electron chi connectivity index (χ1n) is 14.5. The number of halogens is 2. The number of hydrogen-bond acceptors (Lipinski definition) is 0. The zero-order valence-corrected chi connectivity index (χ0v) is 29.4. The molecule has 0 saturated heterocycles. The monoisotopic (exact) mass is 636 g/mol. The number of unbranched alkanes of at least 4 members (excludes halogenated alkanes) is 4. The summed E-state index contributed by atoms with van der Waals surface area (Å²) in [4.78, 5) is 0. The Balaban J connectivity index is 0.000000688. The molecule has 5 heteroatoms. The maximum absolute atomic E-state index is 2.44. The van der Waals surface area contributed by atoms with Crippen molar-refractivity contribution in [3.8, 4) is 0 Å². The molecule has 0 amide bonds. The Morgan fingerprint density at radius 2 is 0.821 bits per heavy atom. The van der Waals surface area contributed by atoms with Gasteiger partial charge in [-0.3, -0.25) is 0 Å². The van der Waals surface area contributed by atoms with Crippen molar-refractivity contribution in [1.82, 2.24) is 0 Å². The fraction of sp³-hybridized carbons (Fsp3) is 0.471. The molecule has 4 rings (SSSR count). The molecule has 0 atom stereocenters. The summed E-state index contributed by atoms with van der Waals surface area (Å²) in [5, 5.41) is 8.96. The largest absolute Gasteiger partial charge is 4.00 e. The number of hydrogen-bond donors (Lipinski definition) is 0. The van der Waals surface area contributed by atoms with Crippen molar-refractivity contribution >= 4 is 48.0 Å². The minimum atomic E-state index is 0. The van der Waals surface area contributed by atoms with Gasteiger partial charge in [-0.1, -0.05) is 81.4 Å². The van der Waals surface area contributed by atoms with Crippen molar-refractivity contribution in [2.75, 3.05) is 24.6 Å². The fourth-order valence-electron chi connectivity index (χ4n) is 4.77. The van der Waals surface area contributed by atoms with Gasteiger partial charge in [-0.2, -0.15) is 12.1 Å². The maximum Gasteiger partial charge on any atom is 4.00 e. The molecule has 0 saturated carbocycles. The zero-order valence-electron chi connectivity index (χ0n) is 24.6. The molecule has 0 nitrogen and oxygen atoms in total. The Hall–Kier alpha value is -0.186. The molecule has 212 valence electrons. The minimum Gasteiger partial charge on any atom is -1.00 e. The zero-order chi connectivity index (χ0) is 25.6. The van der Waals surface area contributed by atoms with E-state index in [-0.39, 0.29) is 62.4 Å². The van der Waals surface area contributed by atoms with Gasteiger partial charge in [0.25, 0.3) is 0 Å². The van der Waals surface area contributed by atoms with E-state index in [9.17, 15) is 0 Å². The van der Waals surface area contributed by atoms with Crippen LogP contribution in [0.5, 0.6) is 0 Å². The Kier molecular flexibility index (Phi) is 22.3. The molecule has 0 aromatic heterocycles. The van der Waals surface area contributed by atoms with Crippen LogP contribution in [-0.4, -0.2) is 24.6 Å². The van der Waals surface area contributed by atoms with Gasteiger partial charge in [-0.05, 0) is 50.3 Å². The SMILES string of the molecule is CCCCP(CCCC)c1cc2ccccc2[cH-]1.CCCCP(CCCC)c1cc2ccccc2[cH-]1.[Cl-].[Cl-].[Ti+4]. The van der Waals surface area contributed by atoms with Crippen molar-refractivity contribution in [3.05, 3.63) is 72.8 Å². The molecule has 0 N–H and O–H groups in total. The maximum atomic E-state index is 2.44. The van der Waals surface area contributed by atoms with Crippen LogP contribution < -0.4 is 35.4 Å². The third kappa shape index (κ3) is 12.7. The second-order valence-corrected chi connectivity index (χ2v) is 15.1.